The van der Waals surface area contributed by atoms with Gasteiger partial charge in [0.15, 0.2) is 0 Å². The van der Waals surface area contributed by atoms with Crippen LogP contribution in [0.1, 0.15) is 18.9 Å². The van der Waals surface area contributed by atoms with E-state index < -0.39 is 11.5 Å². The van der Waals surface area contributed by atoms with E-state index >= 15 is 0 Å². The average Bonchev–Trinajstić information content (AvgIpc) is 2.41. The van der Waals surface area contributed by atoms with Gasteiger partial charge in [0.1, 0.15) is 6.61 Å². The zero-order valence-electron chi connectivity index (χ0n) is 11.2. The Bertz CT molecular complexity index is 372. The second-order valence-corrected chi connectivity index (χ2v) is 4.61. The molecular formula is C14H21NO3. The van der Waals surface area contributed by atoms with Crippen molar-refractivity contribution < 1.29 is 14.6 Å². The van der Waals surface area contributed by atoms with Gasteiger partial charge in [-0.15, -0.1) is 0 Å². The molecule has 0 aliphatic carbocycles. The maximum atomic E-state index is 11.5. The summed E-state index contributed by atoms with van der Waals surface area (Å²) in [6, 6.07) is 9.66. The molecule has 1 aromatic rings. The molecule has 4 heteroatoms. The molecule has 1 rings (SSSR count). The van der Waals surface area contributed by atoms with E-state index in [2.05, 4.69) is 0 Å². The molecule has 0 radical (unpaired) electrons. The summed E-state index contributed by atoms with van der Waals surface area (Å²) in [6.45, 7) is 2.11. The van der Waals surface area contributed by atoms with Crippen LogP contribution in [0, 0.1) is 0 Å². The van der Waals surface area contributed by atoms with Gasteiger partial charge in [-0.3, -0.25) is 0 Å². The Morgan fingerprint density at radius 2 is 1.94 bits per heavy atom. The van der Waals surface area contributed by atoms with Crippen LogP contribution in [0.15, 0.2) is 30.3 Å². The third-order valence-corrected chi connectivity index (χ3v) is 3.20. The summed E-state index contributed by atoms with van der Waals surface area (Å²) in [5.74, 6) is 0. The number of hydrogen-bond acceptors (Lipinski definition) is 3. The van der Waals surface area contributed by atoms with E-state index in [4.69, 9.17) is 4.74 Å². The first-order valence-corrected chi connectivity index (χ1v) is 6.06. The first-order chi connectivity index (χ1) is 8.55. The molecule has 0 aliphatic heterocycles. The maximum absolute atomic E-state index is 11.5. The highest BCUT2D eigenvalue weighted by Gasteiger charge is 2.31. The Hall–Kier alpha value is -1.55. The number of ether oxygens (including phenoxy) is 1. The second kappa shape index (κ2) is 6.40. The van der Waals surface area contributed by atoms with Crippen LogP contribution in [-0.2, 0) is 10.2 Å². The first kappa shape index (κ1) is 14.5. The minimum absolute atomic E-state index is 0.0474. The molecule has 0 aliphatic rings. The zero-order valence-corrected chi connectivity index (χ0v) is 11.2. The Morgan fingerprint density at radius 3 is 2.39 bits per heavy atom. The summed E-state index contributed by atoms with van der Waals surface area (Å²) in [6.07, 6.45) is 0.311. The number of rotatable bonds is 5. The molecule has 0 heterocycles. The quantitative estimate of drug-likeness (QED) is 0.871. The van der Waals surface area contributed by atoms with Gasteiger partial charge in [0.05, 0.1) is 12.0 Å². The van der Waals surface area contributed by atoms with Crippen LogP contribution in [0.4, 0.5) is 4.79 Å². The van der Waals surface area contributed by atoms with Crippen molar-refractivity contribution in [2.75, 3.05) is 27.3 Å². The largest absolute Gasteiger partial charge is 0.448 e. The number of hydrogen-bond donors (Lipinski definition) is 1. The highest BCUT2D eigenvalue weighted by Crippen LogP contribution is 2.28. The predicted octanol–water partition coefficient (Wildman–Crippen LogP) is 2.02. The molecule has 1 amide bonds. The number of nitrogens with zero attached hydrogens (tertiary/aromatic N) is 1. The summed E-state index contributed by atoms with van der Waals surface area (Å²) in [5.41, 5.74) is 0.467. The van der Waals surface area contributed by atoms with Gasteiger partial charge < -0.3 is 14.7 Å². The third-order valence-electron chi connectivity index (χ3n) is 3.20. The van der Waals surface area contributed by atoms with Crippen molar-refractivity contribution in [1.29, 1.82) is 0 Å². The number of carbonyl (C=O) groups excluding carboxylic acids is 1. The number of aliphatic hydroxyl groups is 1. The summed E-state index contributed by atoms with van der Waals surface area (Å²) >= 11 is 0. The van der Waals surface area contributed by atoms with Crippen LogP contribution in [0.3, 0.4) is 0 Å². The van der Waals surface area contributed by atoms with Gasteiger partial charge in [-0.05, 0) is 12.0 Å². The van der Waals surface area contributed by atoms with E-state index in [1.54, 1.807) is 14.1 Å². The summed E-state index contributed by atoms with van der Waals surface area (Å²) in [5, 5.41) is 9.68. The predicted molar refractivity (Wildman–Crippen MR) is 70.5 cm³/mol. The third kappa shape index (κ3) is 3.23. The highest BCUT2D eigenvalue weighted by atomic mass is 16.6. The second-order valence-electron chi connectivity index (χ2n) is 4.61. The van der Waals surface area contributed by atoms with Crippen molar-refractivity contribution in [3.63, 3.8) is 0 Å². The standard InChI is InChI=1S/C14H21NO3/c1-4-14(10-16,11-18-13(17)15(2)3)12-8-6-5-7-9-12/h5-9,16H,4,10-11H2,1-3H3/t14-/m0/s1. The van der Waals surface area contributed by atoms with Gasteiger partial charge in [-0.25, -0.2) is 4.79 Å². The van der Waals surface area contributed by atoms with Crippen molar-refractivity contribution in [2.24, 2.45) is 0 Å². The molecule has 100 valence electrons. The molecule has 4 nitrogen and oxygen atoms in total. The Kier molecular flexibility index (Phi) is 5.16. The smallest absolute Gasteiger partial charge is 0.409 e. The normalized spacial score (nSPS) is 13.8. The van der Waals surface area contributed by atoms with Gasteiger partial charge in [-0.2, -0.15) is 0 Å². The lowest BCUT2D eigenvalue weighted by Crippen LogP contribution is -2.38. The number of aliphatic hydroxyl groups excluding tert-OH is 1. The van der Waals surface area contributed by atoms with Crippen LogP contribution in [-0.4, -0.2) is 43.4 Å². The Morgan fingerprint density at radius 1 is 1.33 bits per heavy atom. The minimum atomic E-state index is -0.521. The lowest BCUT2D eigenvalue weighted by atomic mass is 9.79. The molecule has 0 spiro atoms. The Balaban J connectivity index is 2.85. The summed E-state index contributed by atoms with van der Waals surface area (Å²) in [7, 11) is 3.27. The molecular weight excluding hydrogens is 230 g/mol. The number of amides is 1. The molecule has 0 aromatic heterocycles. The van der Waals surface area contributed by atoms with Crippen molar-refractivity contribution in [2.45, 2.75) is 18.8 Å². The Labute approximate surface area is 108 Å². The lowest BCUT2D eigenvalue weighted by molar-refractivity contribution is 0.0659. The number of carbonyl (C=O) groups is 1. The fourth-order valence-electron chi connectivity index (χ4n) is 1.76. The average molecular weight is 251 g/mol. The maximum Gasteiger partial charge on any atom is 0.409 e. The van der Waals surface area contributed by atoms with E-state index in [0.29, 0.717) is 6.42 Å². The fourth-order valence-corrected chi connectivity index (χ4v) is 1.76. The molecule has 0 saturated heterocycles. The molecule has 1 atom stereocenters. The van der Waals surface area contributed by atoms with Crippen LogP contribution in [0.5, 0.6) is 0 Å². The van der Waals surface area contributed by atoms with Gasteiger partial charge in [0, 0.05) is 14.1 Å². The van der Waals surface area contributed by atoms with Gasteiger partial charge >= 0.3 is 6.09 Å². The number of benzene rings is 1. The molecule has 0 fully saturated rings. The molecule has 1 N–H and O–H groups in total. The highest BCUT2D eigenvalue weighted by molar-refractivity contribution is 5.66. The van der Waals surface area contributed by atoms with E-state index in [-0.39, 0.29) is 13.2 Å². The van der Waals surface area contributed by atoms with E-state index in [9.17, 15) is 9.90 Å². The summed E-state index contributed by atoms with van der Waals surface area (Å²) < 4.78 is 5.23. The van der Waals surface area contributed by atoms with Crippen molar-refractivity contribution in [3.05, 3.63) is 35.9 Å². The van der Waals surface area contributed by atoms with Crippen molar-refractivity contribution in [3.8, 4) is 0 Å². The van der Waals surface area contributed by atoms with Crippen LogP contribution in [0.25, 0.3) is 0 Å². The van der Waals surface area contributed by atoms with E-state index in [1.165, 1.54) is 4.90 Å². The lowest BCUT2D eigenvalue weighted by Gasteiger charge is -2.31. The van der Waals surface area contributed by atoms with Gasteiger partial charge in [0.2, 0.25) is 0 Å². The van der Waals surface area contributed by atoms with Crippen molar-refractivity contribution >= 4 is 6.09 Å². The molecule has 0 unspecified atom stereocenters. The minimum Gasteiger partial charge on any atom is -0.448 e. The fraction of sp³-hybridized carbons (Fsp3) is 0.500. The zero-order chi connectivity index (χ0) is 13.6. The molecule has 1 aromatic carbocycles. The van der Waals surface area contributed by atoms with Crippen molar-refractivity contribution in [1.82, 2.24) is 4.90 Å². The SMILES string of the molecule is CC[C@](CO)(COC(=O)N(C)C)c1ccccc1. The van der Waals surface area contributed by atoms with E-state index in [1.807, 2.05) is 37.3 Å². The first-order valence-electron chi connectivity index (χ1n) is 6.06. The molecule has 0 bridgehead atoms. The monoisotopic (exact) mass is 251 g/mol. The van der Waals surface area contributed by atoms with Gasteiger partial charge in [-0.1, -0.05) is 37.3 Å². The van der Waals surface area contributed by atoms with Gasteiger partial charge in [0.25, 0.3) is 0 Å². The van der Waals surface area contributed by atoms with Crippen LogP contribution < -0.4 is 0 Å². The van der Waals surface area contributed by atoms with E-state index in [0.717, 1.165) is 5.56 Å². The molecule has 18 heavy (non-hydrogen) atoms. The van der Waals surface area contributed by atoms with Crippen LogP contribution >= 0.6 is 0 Å². The summed E-state index contributed by atoms with van der Waals surface area (Å²) in [4.78, 5) is 12.9. The molecule has 0 saturated carbocycles. The van der Waals surface area contributed by atoms with Crippen LogP contribution in [0.2, 0.25) is 0 Å². The topological polar surface area (TPSA) is 49.8 Å².